The molecule has 1 saturated heterocycles. The first-order valence-electron chi connectivity index (χ1n) is 7.46. The van der Waals surface area contributed by atoms with E-state index in [4.69, 9.17) is 4.74 Å². The van der Waals surface area contributed by atoms with E-state index in [0.29, 0.717) is 0 Å². The number of likely N-dealkylation sites (tertiary alicyclic amines) is 1. The van der Waals surface area contributed by atoms with E-state index in [0.717, 1.165) is 43.2 Å². The highest BCUT2D eigenvalue weighted by molar-refractivity contribution is 5.77. The summed E-state index contributed by atoms with van der Waals surface area (Å²) in [7, 11) is 0. The van der Waals surface area contributed by atoms with Crippen molar-refractivity contribution in [1.29, 1.82) is 0 Å². The second-order valence-electron chi connectivity index (χ2n) is 6.06. The number of amides is 1. The van der Waals surface area contributed by atoms with Gasteiger partial charge in [0.1, 0.15) is 5.75 Å². The minimum absolute atomic E-state index is 0.107. The molecular formula is C17H25NO2. The van der Waals surface area contributed by atoms with Gasteiger partial charge >= 0.3 is 0 Å². The summed E-state index contributed by atoms with van der Waals surface area (Å²) in [6.07, 6.45) is 2.21. The molecule has 110 valence electrons. The van der Waals surface area contributed by atoms with Gasteiger partial charge < -0.3 is 9.64 Å². The minimum Gasteiger partial charge on any atom is -0.483 e. The molecule has 1 aromatic rings. The van der Waals surface area contributed by atoms with Crippen molar-refractivity contribution in [3.05, 3.63) is 28.8 Å². The van der Waals surface area contributed by atoms with Gasteiger partial charge in [-0.2, -0.15) is 0 Å². The van der Waals surface area contributed by atoms with Crippen LogP contribution in [0, 0.1) is 26.7 Å². The first-order valence-corrected chi connectivity index (χ1v) is 7.46. The van der Waals surface area contributed by atoms with Crippen LogP contribution in [0.2, 0.25) is 0 Å². The van der Waals surface area contributed by atoms with Gasteiger partial charge in [-0.3, -0.25) is 4.79 Å². The Balaban J connectivity index is 1.93. The maximum absolute atomic E-state index is 12.2. The summed E-state index contributed by atoms with van der Waals surface area (Å²) in [5.41, 5.74) is 3.50. The zero-order chi connectivity index (χ0) is 14.7. The van der Waals surface area contributed by atoms with Crippen LogP contribution in [0.3, 0.4) is 0 Å². The molecule has 0 aromatic heterocycles. The predicted octanol–water partition coefficient (Wildman–Crippen LogP) is 3.25. The second-order valence-corrected chi connectivity index (χ2v) is 6.06. The molecule has 1 aliphatic heterocycles. The molecule has 0 bridgehead atoms. The smallest absolute Gasteiger partial charge is 0.260 e. The molecule has 0 saturated carbocycles. The van der Waals surface area contributed by atoms with Gasteiger partial charge in [-0.05, 0) is 62.3 Å². The summed E-state index contributed by atoms with van der Waals surface area (Å²) in [4.78, 5) is 14.1. The molecule has 0 aliphatic carbocycles. The van der Waals surface area contributed by atoms with Gasteiger partial charge in [-0.1, -0.05) is 13.0 Å². The average Bonchev–Trinajstić information content (AvgIpc) is 2.41. The van der Waals surface area contributed by atoms with E-state index < -0.39 is 0 Å². The topological polar surface area (TPSA) is 29.5 Å². The van der Waals surface area contributed by atoms with Crippen LogP contribution >= 0.6 is 0 Å². The van der Waals surface area contributed by atoms with Crippen molar-refractivity contribution in [2.45, 2.75) is 40.5 Å². The van der Waals surface area contributed by atoms with Gasteiger partial charge in [0, 0.05) is 13.1 Å². The Morgan fingerprint density at radius 1 is 1.25 bits per heavy atom. The monoisotopic (exact) mass is 275 g/mol. The van der Waals surface area contributed by atoms with Gasteiger partial charge in [0.05, 0.1) is 0 Å². The van der Waals surface area contributed by atoms with Crippen LogP contribution in [0.1, 0.15) is 36.5 Å². The molecular weight excluding hydrogens is 250 g/mol. The summed E-state index contributed by atoms with van der Waals surface area (Å²) in [6.45, 7) is 10.3. The third-order valence-corrected chi connectivity index (χ3v) is 4.25. The number of benzene rings is 1. The van der Waals surface area contributed by atoms with E-state index >= 15 is 0 Å². The molecule has 1 heterocycles. The standard InChI is InChI=1S/C17H25NO2/c1-12-5-7-18(8-6-12)17(19)11-20-16-10-13(2)9-14(3)15(16)4/h9-10,12H,5-8,11H2,1-4H3. The summed E-state index contributed by atoms with van der Waals surface area (Å²) in [5.74, 6) is 1.68. The van der Waals surface area contributed by atoms with Crippen LogP contribution in [0.5, 0.6) is 5.75 Å². The molecule has 0 radical (unpaired) electrons. The summed E-state index contributed by atoms with van der Waals surface area (Å²) < 4.78 is 5.75. The lowest BCUT2D eigenvalue weighted by atomic mass is 9.99. The number of rotatable bonds is 3. The highest BCUT2D eigenvalue weighted by atomic mass is 16.5. The lowest BCUT2D eigenvalue weighted by molar-refractivity contribution is -0.134. The predicted molar refractivity (Wildman–Crippen MR) is 81.1 cm³/mol. The van der Waals surface area contributed by atoms with Crippen molar-refractivity contribution in [2.24, 2.45) is 5.92 Å². The summed E-state index contributed by atoms with van der Waals surface area (Å²) in [6, 6.07) is 4.14. The van der Waals surface area contributed by atoms with Gasteiger partial charge in [0.25, 0.3) is 5.91 Å². The molecule has 3 nitrogen and oxygen atoms in total. The zero-order valence-electron chi connectivity index (χ0n) is 13.0. The van der Waals surface area contributed by atoms with E-state index in [9.17, 15) is 4.79 Å². The normalized spacial score (nSPS) is 16.3. The Hall–Kier alpha value is -1.51. The number of carbonyl (C=O) groups is 1. The Labute approximate surface area is 121 Å². The van der Waals surface area contributed by atoms with Crippen molar-refractivity contribution < 1.29 is 9.53 Å². The molecule has 1 aliphatic rings. The Morgan fingerprint density at radius 2 is 1.90 bits per heavy atom. The van der Waals surface area contributed by atoms with Crippen LogP contribution < -0.4 is 4.74 Å². The number of piperidine rings is 1. The van der Waals surface area contributed by atoms with E-state index in [1.807, 2.05) is 24.8 Å². The lowest BCUT2D eigenvalue weighted by Crippen LogP contribution is -2.40. The van der Waals surface area contributed by atoms with Crippen LogP contribution in [0.4, 0.5) is 0 Å². The number of aryl methyl sites for hydroxylation is 2. The van der Waals surface area contributed by atoms with Gasteiger partial charge in [0.15, 0.2) is 6.61 Å². The van der Waals surface area contributed by atoms with Crippen LogP contribution in [0.15, 0.2) is 12.1 Å². The zero-order valence-corrected chi connectivity index (χ0v) is 13.0. The van der Waals surface area contributed by atoms with Crippen molar-refractivity contribution in [1.82, 2.24) is 4.90 Å². The minimum atomic E-state index is 0.107. The Kier molecular flexibility index (Phi) is 4.69. The third-order valence-electron chi connectivity index (χ3n) is 4.25. The second kappa shape index (κ2) is 6.29. The molecule has 0 unspecified atom stereocenters. The molecule has 1 aromatic carbocycles. The van der Waals surface area contributed by atoms with Crippen LogP contribution in [-0.4, -0.2) is 30.5 Å². The fraction of sp³-hybridized carbons (Fsp3) is 0.588. The van der Waals surface area contributed by atoms with Crippen LogP contribution in [-0.2, 0) is 4.79 Å². The number of hydrogen-bond donors (Lipinski definition) is 0. The number of ether oxygens (including phenoxy) is 1. The van der Waals surface area contributed by atoms with Crippen LogP contribution in [0.25, 0.3) is 0 Å². The SMILES string of the molecule is Cc1cc(C)c(C)c(OCC(=O)N2CCC(C)CC2)c1. The van der Waals surface area contributed by atoms with Crippen molar-refractivity contribution in [3.8, 4) is 5.75 Å². The maximum Gasteiger partial charge on any atom is 0.260 e. The van der Waals surface area contributed by atoms with Crippen molar-refractivity contribution in [3.63, 3.8) is 0 Å². The molecule has 0 N–H and O–H groups in total. The average molecular weight is 275 g/mol. The number of hydrogen-bond acceptors (Lipinski definition) is 2. The molecule has 20 heavy (non-hydrogen) atoms. The Bertz CT molecular complexity index is 488. The fourth-order valence-corrected chi connectivity index (χ4v) is 2.64. The van der Waals surface area contributed by atoms with Gasteiger partial charge in [-0.15, -0.1) is 0 Å². The summed E-state index contributed by atoms with van der Waals surface area (Å²) >= 11 is 0. The van der Waals surface area contributed by atoms with Gasteiger partial charge in [0.2, 0.25) is 0 Å². The molecule has 3 heteroatoms. The number of carbonyl (C=O) groups excluding carboxylic acids is 1. The van der Waals surface area contributed by atoms with Crippen molar-refractivity contribution >= 4 is 5.91 Å². The van der Waals surface area contributed by atoms with E-state index in [2.05, 4.69) is 19.9 Å². The van der Waals surface area contributed by atoms with E-state index in [1.54, 1.807) is 0 Å². The highest BCUT2D eigenvalue weighted by Gasteiger charge is 2.20. The molecule has 1 fully saturated rings. The van der Waals surface area contributed by atoms with Crippen molar-refractivity contribution in [2.75, 3.05) is 19.7 Å². The van der Waals surface area contributed by atoms with Gasteiger partial charge in [-0.25, -0.2) is 0 Å². The molecule has 2 rings (SSSR count). The molecule has 1 amide bonds. The molecule has 0 spiro atoms. The highest BCUT2D eigenvalue weighted by Crippen LogP contribution is 2.23. The first-order chi connectivity index (χ1) is 9.47. The molecule has 0 atom stereocenters. The Morgan fingerprint density at radius 3 is 2.55 bits per heavy atom. The fourth-order valence-electron chi connectivity index (χ4n) is 2.64. The summed E-state index contributed by atoms with van der Waals surface area (Å²) in [5, 5.41) is 0. The third kappa shape index (κ3) is 3.53. The lowest BCUT2D eigenvalue weighted by Gasteiger charge is -2.30. The number of nitrogens with zero attached hydrogens (tertiary/aromatic N) is 1. The van der Waals surface area contributed by atoms with E-state index in [-0.39, 0.29) is 12.5 Å². The van der Waals surface area contributed by atoms with E-state index in [1.165, 1.54) is 11.1 Å². The largest absolute Gasteiger partial charge is 0.483 e. The quantitative estimate of drug-likeness (QED) is 0.847. The maximum atomic E-state index is 12.2. The first kappa shape index (κ1) is 14.9.